The smallest absolute Gasteiger partial charge is 0.266 e. The number of aryl methyl sites for hydroxylation is 1. The first-order valence-corrected chi connectivity index (χ1v) is 13.1. The predicted octanol–water partition coefficient (Wildman–Crippen LogP) is 2.72. The monoisotopic (exact) mass is 568 g/mol. The summed E-state index contributed by atoms with van der Waals surface area (Å²) in [6.45, 7) is 2.12. The fraction of sp³-hybridized carbons (Fsp3) is 0.200. The van der Waals surface area contributed by atoms with Crippen LogP contribution >= 0.6 is 0 Å². The Labute approximate surface area is 242 Å². The van der Waals surface area contributed by atoms with Gasteiger partial charge in [0, 0.05) is 38.5 Å². The van der Waals surface area contributed by atoms with Crippen LogP contribution in [-0.4, -0.2) is 67.7 Å². The highest BCUT2D eigenvalue weighted by Crippen LogP contribution is 2.28. The fourth-order valence-electron chi connectivity index (χ4n) is 4.32. The molecule has 0 saturated carbocycles. The maximum absolute atomic E-state index is 13.5. The number of fused-ring (bicyclic) bond motifs is 1. The number of nitrogen functional groups attached to an aromatic ring is 2. The molecule has 5 N–H and O–H groups in total. The maximum atomic E-state index is 13.5. The van der Waals surface area contributed by atoms with Crippen LogP contribution in [0.3, 0.4) is 0 Å². The van der Waals surface area contributed by atoms with Gasteiger partial charge in [0.15, 0.2) is 0 Å². The number of rotatable bonds is 7. The van der Waals surface area contributed by atoms with Gasteiger partial charge in [-0.25, -0.2) is 15.0 Å². The first-order valence-electron chi connectivity index (χ1n) is 13.1. The quantitative estimate of drug-likeness (QED) is 0.265. The van der Waals surface area contributed by atoms with E-state index in [1.807, 2.05) is 67.6 Å². The number of benzene rings is 2. The van der Waals surface area contributed by atoms with Gasteiger partial charge in [-0.1, -0.05) is 37.3 Å². The molecule has 0 aliphatic carbocycles. The molecule has 0 fully saturated rings. The van der Waals surface area contributed by atoms with Crippen molar-refractivity contribution < 1.29 is 14.6 Å². The summed E-state index contributed by atoms with van der Waals surface area (Å²) in [7, 11) is 3.13. The fourth-order valence-corrected chi connectivity index (χ4v) is 4.32. The van der Waals surface area contributed by atoms with Crippen LogP contribution in [0.2, 0.25) is 0 Å². The van der Waals surface area contributed by atoms with Gasteiger partial charge in [-0.05, 0) is 35.4 Å². The summed E-state index contributed by atoms with van der Waals surface area (Å²) in [5.41, 5.74) is 14.1. The summed E-state index contributed by atoms with van der Waals surface area (Å²) in [6, 6.07) is 19.1. The number of ether oxygens (including phenoxy) is 1. The van der Waals surface area contributed by atoms with E-state index in [-0.39, 0.29) is 41.9 Å². The van der Waals surface area contributed by atoms with Crippen molar-refractivity contribution in [3.63, 3.8) is 0 Å². The van der Waals surface area contributed by atoms with Crippen LogP contribution in [0, 0.1) is 0 Å². The van der Waals surface area contributed by atoms with Gasteiger partial charge in [0.05, 0.1) is 30.3 Å². The molecule has 3 heterocycles. The Balaban J connectivity index is 0.000000230. The van der Waals surface area contributed by atoms with E-state index in [0.29, 0.717) is 23.2 Å². The average Bonchev–Trinajstić information content (AvgIpc) is 3.01. The third-order valence-electron chi connectivity index (χ3n) is 6.40. The first kappa shape index (κ1) is 29.6. The number of amides is 1. The molecule has 3 aromatic heterocycles. The number of hydrogen-bond acceptors (Lipinski definition) is 10. The number of nitrogens with two attached hydrogens (primary N) is 2. The van der Waals surface area contributed by atoms with E-state index in [2.05, 4.69) is 15.0 Å². The Morgan fingerprint density at radius 2 is 1.81 bits per heavy atom. The standard InChI is InChI=1S/C22H19N3O2.C8H13N5O2/c1-3-19-24-18-11-7-10-17(15-12-13-23-20(14-15)27-2)21(18)22(26)25(19)16-8-5-4-6-9-16;1-13(2-3-14)7(15)5-4-11-8(10)12-6(5)9/h4-14H,3H2,1-2H3;4,14H,2-3H2,1H3,(H4,9,10,11,12). The summed E-state index contributed by atoms with van der Waals surface area (Å²) in [6.07, 6.45) is 3.61. The van der Waals surface area contributed by atoms with Crippen molar-refractivity contribution >= 4 is 28.6 Å². The zero-order valence-electron chi connectivity index (χ0n) is 23.6. The summed E-state index contributed by atoms with van der Waals surface area (Å²) in [5, 5.41) is 9.26. The number of likely N-dealkylation sites (N-methyl/N-ethyl adjacent to an activating group) is 1. The lowest BCUT2D eigenvalue weighted by Crippen LogP contribution is -2.30. The van der Waals surface area contributed by atoms with Crippen LogP contribution in [0.15, 0.2) is 77.9 Å². The Morgan fingerprint density at radius 3 is 2.48 bits per heavy atom. The number of aromatic nitrogens is 5. The van der Waals surface area contributed by atoms with E-state index in [4.69, 9.17) is 26.3 Å². The lowest BCUT2D eigenvalue weighted by atomic mass is 10.0. The van der Waals surface area contributed by atoms with Gasteiger partial charge >= 0.3 is 0 Å². The number of carbonyl (C=O) groups is 1. The minimum absolute atomic E-state index is 0.0221. The van der Waals surface area contributed by atoms with Crippen molar-refractivity contribution in [1.82, 2.24) is 29.4 Å². The van der Waals surface area contributed by atoms with Crippen molar-refractivity contribution in [2.45, 2.75) is 13.3 Å². The third kappa shape index (κ3) is 6.34. The summed E-state index contributed by atoms with van der Waals surface area (Å²) < 4.78 is 6.94. The molecule has 0 saturated heterocycles. The number of pyridine rings is 1. The van der Waals surface area contributed by atoms with Crippen LogP contribution in [0.25, 0.3) is 27.7 Å². The van der Waals surface area contributed by atoms with Crippen LogP contribution in [0.1, 0.15) is 23.1 Å². The second-order valence-corrected chi connectivity index (χ2v) is 9.12. The van der Waals surface area contributed by atoms with Gasteiger partial charge in [0.25, 0.3) is 11.5 Å². The lowest BCUT2D eigenvalue weighted by molar-refractivity contribution is 0.0767. The van der Waals surface area contributed by atoms with E-state index in [9.17, 15) is 9.59 Å². The summed E-state index contributed by atoms with van der Waals surface area (Å²) in [5.74, 6) is 0.960. The number of anilines is 2. The highest BCUT2D eigenvalue weighted by Gasteiger charge is 2.17. The van der Waals surface area contributed by atoms with Crippen LogP contribution in [-0.2, 0) is 6.42 Å². The second-order valence-electron chi connectivity index (χ2n) is 9.12. The topological polar surface area (TPSA) is 175 Å². The zero-order chi connectivity index (χ0) is 30.2. The van der Waals surface area contributed by atoms with Gasteiger partial charge in [-0.15, -0.1) is 0 Å². The number of carbonyl (C=O) groups excluding carboxylic acids is 1. The molecule has 0 aliphatic heterocycles. The summed E-state index contributed by atoms with van der Waals surface area (Å²) >= 11 is 0. The molecule has 0 bridgehead atoms. The Morgan fingerprint density at radius 1 is 1.05 bits per heavy atom. The molecule has 5 aromatic rings. The minimum atomic E-state index is -0.346. The van der Waals surface area contributed by atoms with Gasteiger partial charge in [0.1, 0.15) is 17.2 Å². The van der Waals surface area contributed by atoms with E-state index >= 15 is 0 Å². The molecule has 0 aliphatic rings. The highest BCUT2D eigenvalue weighted by molar-refractivity contribution is 5.98. The van der Waals surface area contributed by atoms with Crippen molar-refractivity contribution in [2.75, 3.05) is 38.8 Å². The SMILES string of the molecule is CCc1nc2cccc(-c3ccnc(OC)c3)c2c(=O)n1-c1ccccc1.CN(CCO)C(=O)c1cnc(N)nc1N. The molecule has 12 heteroatoms. The lowest BCUT2D eigenvalue weighted by Gasteiger charge is -2.15. The Kier molecular flexibility index (Phi) is 9.40. The molecular weight excluding hydrogens is 536 g/mol. The van der Waals surface area contributed by atoms with Gasteiger partial charge in [-0.2, -0.15) is 4.98 Å². The molecular formula is C30H32N8O4. The van der Waals surface area contributed by atoms with Crippen LogP contribution in [0.5, 0.6) is 5.88 Å². The largest absolute Gasteiger partial charge is 0.481 e. The molecule has 0 atom stereocenters. The van der Waals surface area contributed by atoms with Crippen molar-refractivity contribution in [1.29, 1.82) is 0 Å². The van der Waals surface area contributed by atoms with Crippen molar-refractivity contribution in [2.24, 2.45) is 0 Å². The number of aliphatic hydroxyl groups excluding tert-OH is 1. The predicted molar refractivity (Wildman–Crippen MR) is 161 cm³/mol. The molecule has 0 spiro atoms. The highest BCUT2D eigenvalue weighted by atomic mass is 16.5. The normalized spacial score (nSPS) is 10.6. The van der Waals surface area contributed by atoms with Crippen LogP contribution in [0.4, 0.5) is 11.8 Å². The Hall–Kier alpha value is -5.36. The Bertz CT molecular complexity index is 1760. The minimum Gasteiger partial charge on any atom is -0.481 e. The first-order chi connectivity index (χ1) is 20.3. The molecule has 5 rings (SSSR count). The average molecular weight is 569 g/mol. The number of aliphatic hydroxyl groups is 1. The van der Waals surface area contributed by atoms with E-state index in [1.165, 1.54) is 11.1 Å². The molecule has 0 radical (unpaired) electrons. The van der Waals surface area contributed by atoms with Crippen molar-refractivity contribution in [3.8, 4) is 22.7 Å². The third-order valence-corrected chi connectivity index (χ3v) is 6.40. The van der Waals surface area contributed by atoms with Crippen LogP contribution < -0.4 is 21.8 Å². The molecule has 12 nitrogen and oxygen atoms in total. The van der Waals surface area contributed by atoms with E-state index in [0.717, 1.165) is 22.6 Å². The second kappa shape index (κ2) is 13.3. The van der Waals surface area contributed by atoms with Gasteiger partial charge < -0.3 is 26.2 Å². The van der Waals surface area contributed by atoms with E-state index in [1.54, 1.807) is 24.9 Å². The number of hydrogen-bond donors (Lipinski definition) is 3. The molecule has 216 valence electrons. The maximum Gasteiger partial charge on any atom is 0.266 e. The number of methoxy groups -OCH3 is 1. The summed E-state index contributed by atoms with van der Waals surface area (Å²) in [4.78, 5) is 42.8. The molecule has 42 heavy (non-hydrogen) atoms. The molecule has 1 amide bonds. The number of para-hydroxylation sites is 1. The molecule has 0 unspecified atom stereocenters. The molecule has 2 aromatic carbocycles. The van der Waals surface area contributed by atoms with Gasteiger partial charge in [-0.3, -0.25) is 14.2 Å². The van der Waals surface area contributed by atoms with E-state index < -0.39 is 0 Å². The van der Waals surface area contributed by atoms with Gasteiger partial charge in [0.2, 0.25) is 11.8 Å². The van der Waals surface area contributed by atoms with Crippen molar-refractivity contribution in [3.05, 3.63) is 94.8 Å². The zero-order valence-corrected chi connectivity index (χ0v) is 23.6. The number of nitrogens with zero attached hydrogens (tertiary/aromatic N) is 6.